The predicted molar refractivity (Wildman–Crippen MR) is 97.3 cm³/mol. The Morgan fingerprint density at radius 2 is 1.72 bits per heavy atom. The van der Waals surface area contributed by atoms with Crippen molar-refractivity contribution in [3.05, 3.63) is 65.0 Å². The number of carbonyl (C=O) groups is 1. The minimum absolute atomic E-state index is 0.0659. The molecule has 128 valence electrons. The molecule has 0 saturated carbocycles. The fourth-order valence-corrected chi connectivity index (χ4v) is 2.47. The number of carbonyl (C=O) groups excluding carboxylic acids is 1. The smallest absolute Gasteiger partial charge is 0.247 e. The predicted octanol–water partition coefficient (Wildman–Crippen LogP) is 4.23. The van der Waals surface area contributed by atoms with Gasteiger partial charge < -0.3 is 9.73 Å². The fourth-order valence-electron chi connectivity index (χ4n) is 2.47. The Balaban J connectivity index is 1.59. The van der Waals surface area contributed by atoms with Gasteiger partial charge in [0.1, 0.15) is 0 Å². The van der Waals surface area contributed by atoms with Crippen molar-refractivity contribution in [3.63, 3.8) is 0 Å². The first kappa shape index (κ1) is 16.9. The zero-order chi connectivity index (χ0) is 17.8. The summed E-state index contributed by atoms with van der Waals surface area (Å²) < 4.78 is 5.65. The summed E-state index contributed by atoms with van der Waals surface area (Å²) in [5.74, 6) is 0.875. The highest BCUT2D eigenvalue weighted by atomic mass is 16.4. The van der Waals surface area contributed by atoms with E-state index >= 15 is 0 Å². The molecule has 2 aromatic carbocycles. The number of hydrogen-bond acceptors (Lipinski definition) is 4. The topological polar surface area (TPSA) is 68.0 Å². The van der Waals surface area contributed by atoms with Crippen LogP contribution in [0.4, 0.5) is 5.69 Å². The molecule has 1 heterocycles. The first-order valence-corrected chi connectivity index (χ1v) is 8.28. The van der Waals surface area contributed by atoms with E-state index in [0.29, 0.717) is 24.6 Å². The molecule has 0 aliphatic heterocycles. The normalized spacial score (nSPS) is 10.7. The molecule has 1 N–H and O–H groups in total. The van der Waals surface area contributed by atoms with Gasteiger partial charge in [-0.2, -0.15) is 0 Å². The SMILES string of the molecule is Cc1ccc(-c2nnc(CCC(=O)Nc3cc(C)ccc3C)o2)cc1. The lowest BCUT2D eigenvalue weighted by atomic mass is 10.1. The molecule has 3 aromatic rings. The second kappa shape index (κ2) is 7.30. The third-order valence-corrected chi connectivity index (χ3v) is 4.00. The summed E-state index contributed by atoms with van der Waals surface area (Å²) in [7, 11) is 0. The van der Waals surface area contributed by atoms with E-state index in [1.165, 1.54) is 5.56 Å². The number of aromatic nitrogens is 2. The molecule has 1 amide bonds. The zero-order valence-electron chi connectivity index (χ0n) is 14.7. The van der Waals surface area contributed by atoms with Crippen molar-refractivity contribution < 1.29 is 9.21 Å². The maximum absolute atomic E-state index is 12.2. The average molecular weight is 335 g/mol. The summed E-state index contributed by atoms with van der Waals surface area (Å²) in [6, 6.07) is 13.9. The highest BCUT2D eigenvalue weighted by Crippen LogP contribution is 2.19. The van der Waals surface area contributed by atoms with Crippen molar-refractivity contribution in [2.45, 2.75) is 33.6 Å². The zero-order valence-corrected chi connectivity index (χ0v) is 14.7. The molecule has 0 spiro atoms. The maximum Gasteiger partial charge on any atom is 0.247 e. The maximum atomic E-state index is 12.2. The average Bonchev–Trinajstić information content (AvgIpc) is 3.06. The van der Waals surface area contributed by atoms with E-state index in [1.54, 1.807) is 0 Å². The molecular formula is C20H21N3O2. The number of anilines is 1. The first-order valence-electron chi connectivity index (χ1n) is 8.28. The third-order valence-electron chi connectivity index (χ3n) is 4.00. The molecular weight excluding hydrogens is 314 g/mol. The van der Waals surface area contributed by atoms with Crippen LogP contribution in [0.3, 0.4) is 0 Å². The van der Waals surface area contributed by atoms with Crippen molar-refractivity contribution in [3.8, 4) is 11.5 Å². The number of rotatable bonds is 5. The van der Waals surface area contributed by atoms with Crippen molar-refractivity contribution in [2.75, 3.05) is 5.32 Å². The Bertz CT molecular complexity index is 882. The van der Waals surface area contributed by atoms with Crippen LogP contribution in [0, 0.1) is 20.8 Å². The van der Waals surface area contributed by atoms with Crippen LogP contribution in [-0.2, 0) is 11.2 Å². The van der Waals surface area contributed by atoms with E-state index < -0.39 is 0 Å². The second-order valence-electron chi connectivity index (χ2n) is 6.23. The van der Waals surface area contributed by atoms with Gasteiger partial charge >= 0.3 is 0 Å². The molecule has 0 bridgehead atoms. The molecule has 0 atom stereocenters. The van der Waals surface area contributed by atoms with E-state index in [0.717, 1.165) is 22.4 Å². The van der Waals surface area contributed by atoms with E-state index in [2.05, 4.69) is 15.5 Å². The monoisotopic (exact) mass is 335 g/mol. The Kier molecular flexibility index (Phi) is 4.93. The van der Waals surface area contributed by atoms with Gasteiger partial charge in [0.15, 0.2) is 0 Å². The molecule has 3 rings (SSSR count). The van der Waals surface area contributed by atoms with Gasteiger partial charge in [0.25, 0.3) is 0 Å². The lowest BCUT2D eigenvalue weighted by molar-refractivity contribution is -0.116. The van der Waals surface area contributed by atoms with Gasteiger partial charge in [-0.1, -0.05) is 29.8 Å². The Morgan fingerprint density at radius 1 is 1.00 bits per heavy atom. The molecule has 0 aliphatic carbocycles. The molecule has 0 aliphatic rings. The van der Waals surface area contributed by atoms with E-state index in [1.807, 2.05) is 63.2 Å². The standard InChI is InChI=1S/C20H21N3O2/c1-13-5-8-16(9-6-13)20-23-22-19(25-20)11-10-18(24)21-17-12-14(2)4-7-15(17)3/h4-9,12H,10-11H2,1-3H3,(H,21,24). The van der Waals surface area contributed by atoms with E-state index in [4.69, 9.17) is 4.42 Å². The number of benzene rings is 2. The van der Waals surface area contributed by atoms with Gasteiger partial charge in [-0.15, -0.1) is 10.2 Å². The van der Waals surface area contributed by atoms with Crippen LogP contribution >= 0.6 is 0 Å². The summed E-state index contributed by atoms with van der Waals surface area (Å²) in [4.78, 5) is 12.2. The number of amides is 1. The van der Waals surface area contributed by atoms with Gasteiger partial charge in [-0.3, -0.25) is 4.79 Å². The van der Waals surface area contributed by atoms with Crippen LogP contribution < -0.4 is 5.32 Å². The number of nitrogens with one attached hydrogen (secondary N) is 1. The summed E-state index contributed by atoms with van der Waals surface area (Å²) in [5.41, 5.74) is 5.05. The first-order chi connectivity index (χ1) is 12.0. The molecule has 25 heavy (non-hydrogen) atoms. The summed E-state index contributed by atoms with van der Waals surface area (Å²) in [6.45, 7) is 6.00. The number of aryl methyl sites for hydroxylation is 4. The van der Waals surface area contributed by atoms with E-state index in [9.17, 15) is 4.79 Å². The Labute approximate surface area is 147 Å². The summed E-state index contributed by atoms with van der Waals surface area (Å²) in [5, 5.41) is 11.0. The molecule has 0 saturated heterocycles. The van der Waals surface area contributed by atoms with Crippen molar-refractivity contribution >= 4 is 11.6 Å². The van der Waals surface area contributed by atoms with Gasteiger partial charge in [0.2, 0.25) is 17.7 Å². The van der Waals surface area contributed by atoms with Gasteiger partial charge in [0.05, 0.1) is 0 Å². The largest absolute Gasteiger partial charge is 0.421 e. The summed E-state index contributed by atoms with van der Waals surface area (Å²) >= 11 is 0. The Hall–Kier alpha value is -2.95. The molecule has 0 radical (unpaired) electrons. The van der Waals surface area contributed by atoms with Crippen LogP contribution in [0.5, 0.6) is 0 Å². The molecule has 0 fully saturated rings. The number of hydrogen-bond donors (Lipinski definition) is 1. The van der Waals surface area contributed by atoms with Crippen LogP contribution in [0.15, 0.2) is 46.9 Å². The van der Waals surface area contributed by atoms with Gasteiger partial charge in [-0.05, 0) is 50.1 Å². The van der Waals surface area contributed by atoms with Crippen LogP contribution in [0.1, 0.15) is 29.0 Å². The molecule has 5 nitrogen and oxygen atoms in total. The van der Waals surface area contributed by atoms with Gasteiger partial charge in [0, 0.05) is 24.1 Å². The van der Waals surface area contributed by atoms with Crippen molar-refractivity contribution in [1.29, 1.82) is 0 Å². The van der Waals surface area contributed by atoms with Crippen LogP contribution in [0.25, 0.3) is 11.5 Å². The minimum atomic E-state index is -0.0659. The van der Waals surface area contributed by atoms with E-state index in [-0.39, 0.29) is 5.91 Å². The Morgan fingerprint density at radius 3 is 2.48 bits per heavy atom. The van der Waals surface area contributed by atoms with Gasteiger partial charge in [-0.25, -0.2) is 0 Å². The lowest BCUT2D eigenvalue weighted by Crippen LogP contribution is -2.13. The van der Waals surface area contributed by atoms with Crippen LogP contribution in [0.2, 0.25) is 0 Å². The van der Waals surface area contributed by atoms with Crippen molar-refractivity contribution in [1.82, 2.24) is 10.2 Å². The fraction of sp³-hybridized carbons (Fsp3) is 0.250. The quantitative estimate of drug-likeness (QED) is 0.757. The van der Waals surface area contributed by atoms with Crippen molar-refractivity contribution in [2.24, 2.45) is 0 Å². The molecule has 1 aromatic heterocycles. The highest BCUT2D eigenvalue weighted by molar-refractivity contribution is 5.91. The lowest BCUT2D eigenvalue weighted by Gasteiger charge is -2.08. The third kappa shape index (κ3) is 4.32. The number of nitrogens with zero attached hydrogens (tertiary/aromatic N) is 2. The minimum Gasteiger partial charge on any atom is -0.421 e. The molecule has 5 heteroatoms. The highest BCUT2D eigenvalue weighted by Gasteiger charge is 2.11. The second-order valence-corrected chi connectivity index (χ2v) is 6.23. The molecule has 0 unspecified atom stereocenters. The summed E-state index contributed by atoms with van der Waals surface area (Å²) in [6.07, 6.45) is 0.707. The van der Waals surface area contributed by atoms with Crippen LogP contribution in [-0.4, -0.2) is 16.1 Å².